The highest BCUT2D eigenvalue weighted by Crippen LogP contribution is 2.29. The molecule has 0 aromatic heterocycles. The van der Waals surface area contributed by atoms with Crippen LogP contribution in [0, 0.1) is 5.92 Å². The summed E-state index contributed by atoms with van der Waals surface area (Å²) in [7, 11) is 1.59. The number of halogens is 2. The van der Waals surface area contributed by atoms with Crippen LogP contribution in [0.25, 0.3) is 0 Å². The summed E-state index contributed by atoms with van der Waals surface area (Å²) < 4.78 is 5.32. The molecule has 3 unspecified atom stereocenters. The van der Waals surface area contributed by atoms with E-state index in [1.54, 1.807) is 31.4 Å². The van der Waals surface area contributed by atoms with E-state index in [2.05, 4.69) is 12.2 Å². The summed E-state index contributed by atoms with van der Waals surface area (Å²) in [6.45, 7) is 2.39. The van der Waals surface area contributed by atoms with Crippen LogP contribution < -0.4 is 10.1 Å². The molecule has 0 spiro atoms. The van der Waals surface area contributed by atoms with Gasteiger partial charge in [-0.2, -0.15) is 0 Å². The van der Waals surface area contributed by atoms with Crippen molar-refractivity contribution in [2.24, 2.45) is 5.92 Å². The molecule has 1 N–H and O–H groups in total. The van der Waals surface area contributed by atoms with Crippen molar-refractivity contribution in [2.75, 3.05) is 13.0 Å². The highest BCUT2D eigenvalue weighted by molar-refractivity contribution is 6.30. The molecule has 3 rings (SSSR count). The summed E-state index contributed by atoms with van der Waals surface area (Å²) in [4.78, 5) is 28.1. The first-order valence-electron chi connectivity index (χ1n) is 11.0. The fraction of sp³-hybridized carbons (Fsp3) is 0.440. The Kier molecular flexibility index (Phi) is 8.83. The Balaban J connectivity index is 1.95. The van der Waals surface area contributed by atoms with Gasteiger partial charge in [-0.25, -0.2) is 0 Å². The van der Waals surface area contributed by atoms with E-state index in [0.717, 1.165) is 24.8 Å². The Labute approximate surface area is 200 Å². The summed E-state index contributed by atoms with van der Waals surface area (Å²) >= 11 is 12.1. The fourth-order valence-corrected chi connectivity index (χ4v) is 4.56. The van der Waals surface area contributed by atoms with Crippen molar-refractivity contribution in [1.29, 1.82) is 0 Å². The van der Waals surface area contributed by atoms with Crippen molar-refractivity contribution in [1.82, 2.24) is 10.2 Å². The number of ether oxygens (including phenoxy) is 1. The summed E-state index contributed by atoms with van der Waals surface area (Å²) in [6, 6.07) is 13.8. The predicted molar refractivity (Wildman–Crippen MR) is 128 cm³/mol. The van der Waals surface area contributed by atoms with E-state index in [4.69, 9.17) is 27.9 Å². The van der Waals surface area contributed by atoms with Crippen LogP contribution in [0.15, 0.2) is 48.5 Å². The van der Waals surface area contributed by atoms with Crippen molar-refractivity contribution < 1.29 is 14.3 Å². The Morgan fingerprint density at radius 2 is 1.88 bits per heavy atom. The van der Waals surface area contributed by atoms with Gasteiger partial charge in [0, 0.05) is 17.6 Å². The summed E-state index contributed by atoms with van der Waals surface area (Å²) in [6.07, 6.45) is 4.31. The molecule has 2 amide bonds. The van der Waals surface area contributed by atoms with Gasteiger partial charge < -0.3 is 15.0 Å². The lowest BCUT2D eigenvalue weighted by Gasteiger charge is -2.35. The lowest BCUT2D eigenvalue weighted by molar-refractivity contribution is -0.140. The highest BCUT2D eigenvalue weighted by Gasteiger charge is 2.33. The molecular weight excluding hydrogens is 447 g/mol. The second-order valence-electron chi connectivity index (χ2n) is 8.34. The lowest BCUT2D eigenvalue weighted by Crippen LogP contribution is -2.49. The number of rotatable bonds is 8. The summed E-state index contributed by atoms with van der Waals surface area (Å²) in [5.74, 6) is 0.341. The number of nitrogens with one attached hydrogen (secondary N) is 1. The van der Waals surface area contributed by atoms with Gasteiger partial charge >= 0.3 is 0 Å². The van der Waals surface area contributed by atoms with Crippen LogP contribution in [0.2, 0.25) is 5.02 Å². The van der Waals surface area contributed by atoms with E-state index >= 15 is 0 Å². The van der Waals surface area contributed by atoms with E-state index in [0.29, 0.717) is 22.3 Å². The number of methoxy groups -OCH3 is 1. The maximum atomic E-state index is 13.6. The Morgan fingerprint density at radius 3 is 2.53 bits per heavy atom. The largest absolute Gasteiger partial charge is 0.497 e. The Morgan fingerprint density at radius 1 is 1.16 bits per heavy atom. The molecule has 3 atom stereocenters. The van der Waals surface area contributed by atoms with Crippen LogP contribution in [0.3, 0.4) is 0 Å². The van der Waals surface area contributed by atoms with Crippen molar-refractivity contribution >= 4 is 35.0 Å². The Hall–Kier alpha value is -2.24. The number of alkyl halides is 1. The van der Waals surface area contributed by atoms with Gasteiger partial charge in [-0.3, -0.25) is 9.59 Å². The van der Waals surface area contributed by atoms with Crippen LogP contribution in [-0.4, -0.2) is 35.7 Å². The molecule has 1 fully saturated rings. The van der Waals surface area contributed by atoms with Gasteiger partial charge in [0.15, 0.2) is 0 Å². The molecule has 0 bridgehead atoms. The van der Waals surface area contributed by atoms with Gasteiger partial charge in [-0.15, -0.1) is 11.6 Å². The standard InChI is InChI=1S/C25H30Cl2N2O3/c1-17-6-3-4-9-22(17)28-25(31)24(19-10-12-20(27)13-11-19)29(23(30)15-26)16-18-7-5-8-21(14-18)32-2/h5,7-8,10-14,17,22,24H,3-4,6,9,15-16H2,1-2H3,(H,28,31). The average molecular weight is 477 g/mol. The monoisotopic (exact) mass is 476 g/mol. The molecule has 7 heteroatoms. The average Bonchev–Trinajstić information content (AvgIpc) is 2.81. The molecule has 172 valence electrons. The number of benzene rings is 2. The highest BCUT2D eigenvalue weighted by atomic mass is 35.5. The van der Waals surface area contributed by atoms with Crippen molar-refractivity contribution in [2.45, 2.75) is 51.2 Å². The van der Waals surface area contributed by atoms with Crippen LogP contribution in [-0.2, 0) is 16.1 Å². The molecule has 2 aromatic carbocycles. The Bertz CT molecular complexity index is 920. The molecule has 1 saturated carbocycles. The molecular formula is C25H30Cl2N2O3. The molecule has 1 aliphatic carbocycles. The van der Waals surface area contributed by atoms with Crippen LogP contribution in [0.1, 0.15) is 49.8 Å². The van der Waals surface area contributed by atoms with E-state index in [9.17, 15) is 9.59 Å². The van der Waals surface area contributed by atoms with Gasteiger partial charge in [0.1, 0.15) is 17.7 Å². The van der Waals surface area contributed by atoms with Gasteiger partial charge in [0.2, 0.25) is 11.8 Å². The molecule has 5 nitrogen and oxygen atoms in total. The van der Waals surface area contributed by atoms with E-state index < -0.39 is 6.04 Å². The van der Waals surface area contributed by atoms with Crippen molar-refractivity contribution in [3.63, 3.8) is 0 Å². The molecule has 0 heterocycles. The minimum absolute atomic E-state index is 0.0934. The zero-order valence-corrected chi connectivity index (χ0v) is 20.0. The van der Waals surface area contributed by atoms with E-state index in [-0.39, 0.29) is 30.3 Å². The smallest absolute Gasteiger partial charge is 0.247 e. The quantitative estimate of drug-likeness (QED) is 0.522. The van der Waals surface area contributed by atoms with Gasteiger partial charge in [-0.05, 0) is 54.2 Å². The van der Waals surface area contributed by atoms with Gasteiger partial charge in [-0.1, -0.05) is 55.6 Å². The number of carbonyl (C=O) groups is 2. The van der Waals surface area contributed by atoms with Gasteiger partial charge in [0.25, 0.3) is 0 Å². The molecule has 2 aromatic rings. The number of nitrogens with zero attached hydrogens (tertiary/aromatic N) is 1. The van der Waals surface area contributed by atoms with Crippen molar-refractivity contribution in [3.8, 4) is 5.75 Å². The summed E-state index contributed by atoms with van der Waals surface area (Å²) in [5, 5.41) is 3.78. The van der Waals surface area contributed by atoms with E-state index in [1.807, 2.05) is 24.3 Å². The second-order valence-corrected chi connectivity index (χ2v) is 9.04. The predicted octanol–water partition coefficient (Wildman–Crippen LogP) is 5.35. The maximum Gasteiger partial charge on any atom is 0.247 e. The first-order valence-corrected chi connectivity index (χ1v) is 11.9. The maximum absolute atomic E-state index is 13.6. The second kappa shape index (κ2) is 11.6. The summed E-state index contributed by atoms with van der Waals surface area (Å²) in [5.41, 5.74) is 1.54. The van der Waals surface area contributed by atoms with Crippen molar-refractivity contribution in [3.05, 3.63) is 64.7 Å². The lowest BCUT2D eigenvalue weighted by atomic mass is 9.85. The molecule has 32 heavy (non-hydrogen) atoms. The SMILES string of the molecule is COc1cccc(CN(C(=O)CCl)C(C(=O)NC2CCCCC2C)c2ccc(Cl)cc2)c1. The molecule has 0 radical (unpaired) electrons. The third-order valence-corrected chi connectivity index (χ3v) is 6.59. The fourth-order valence-electron chi connectivity index (χ4n) is 4.28. The minimum Gasteiger partial charge on any atom is -0.497 e. The molecule has 0 saturated heterocycles. The molecule has 0 aliphatic heterocycles. The van der Waals surface area contributed by atoms with E-state index in [1.165, 1.54) is 11.3 Å². The topological polar surface area (TPSA) is 58.6 Å². The first kappa shape index (κ1) is 24.4. The third kappa shape index (κ3) is 6.17. The zero-order chi connectivity index (χ0) is 23.1. The number of carbonyl (C=O) groups excluding carboxylic acids is 2. The first-order chi connectivity index (χ1) is 15.4. The zero-order valence-electron chi connectivity index (χ0n) is 18.5. The number of amides is 2. The van der Waals surface area contributed by atoms with Crippen LogP contribution >= 0.6 is 23.2 Å². The van der Waals surface area contributed by atoms with Gasteiger partial charge in [0.05, 0.1) is 7.11 Å². The van der Waals surface area contributed by atoms with Crippen LogP contribution in [0.5, 0.6) is 5.75 Å². The number of hydrogen-bond donors (Lipinski definition) is 1. The third-order valence-electron chi connectivity index (χ3n) is 6.11. The molecule has 1 aliphatic rings. The minimum atomic E-state index is -0.821. The number of hydrogen-bond acceptors (Lipinski definition) is 3. The normalized spacial score (nSPS) is 19.1. The van der Waals surface area contributed by atoms with Crippen LogP contribution in [0.4, 0.5) is 0 Å².